The predicted octanol–water partition coefficient (Wildman–Crippen LogP) is 2.38. The first-order valence-corrected chi connectivity index (χ1v) is 7.30. The second-order valence-corrected chi connectivity index (χ2v) is 5.61. The largest absolute Gasteiger partial charge is 0.387 e. The Labute approximate surface area is 138 Å². The molecule has 0 aliphatic carbocycles. The second-order valence-electron chi connectivity index (χ2n) is 5.61. The Balaban J connectivity index is 0.00000441. The highest BCUT2D eigenvalue weighted by atomic mass is 35.5. The van der Waals surface area contributed by atoms with Gasteiger partial charge in [0.05, 0.1) is 12.6 Å². The fraction of sp³-hybridized carbons (Fsp3) is 0.562. The third-order valence-corrected chi connectivity index (χ3v) is 3.18. The van der Waals surface area contributed by atoms with Gasteiger partial charge in [0.25, 0.3) is 0 Å². The fourth-order valence-corrected chi connectivity index (χ4v) is 2.11. The summed E-state index contributed by atoms with van der Waals surface area (Å²) in [5, 5.41) is 13.2. The lowest BCUT2D eigenvalue weighted by molar-refractivity contribution is -0.133. The Morgan fingerprint density at radius 2 is 1.86 bits per heavy atom. The number of hydrogen-bond donors (Lipinski definition) is 2. The van der Waals surface area contributed by atoms with Gasteiger partial charge in [-0.25, -0.2) is 4.39 Å². The molecule has 0 radical (unpaired) electrons. The molecule has 126 valence electrons. The molecule has 0 aliphatic heterocycles. The average molecular weight is 333 g/mol. The molecule has 2 N–H and O–H groups in total. The van der Waals surface area contributed by atoms with Crippen LogP contribution in [0, 0.1) is 11.7 Å². The van der Waals surface area contributed by atoms with Gasteiger partial charge in [0.15, 0.2) is 0 Å². The van der Waals surface area contributed by atoms with Crippen molar-refractivity contribution < 1.29 is 14.3 Å². The van der Waals surface area contributed by atoms with E-state index in [2.05, 4.69) is 5.32 Å². The van der Waals surface area contributed by atoms with Crippen LogP contribution in [0.2, 0.25) is 0 Å². The van der Waals surface area contributed by atoms with E-state index in [1.54, 1.807) is 24.1 Å². The monoisotopic (exact) mass is 332 g/mol. The van der Waals surface area contributed by atoms with E-state index in [0.717, 1.165) is 0 Å². The van der Waals surface area contributed by atoms with Crippen molar-refractivity contribution in [2.75, 3.05) is 26.7 Å². The Bertz CT molecular complexity index is 440. The summed E-state index contributed by atoms with van der Waals surface area (Å²) < 4.78 is 12.9. The molecule has 0 saturated heterocycles. The first kappa shape index (κ1) is 20.8. The quantitative estimate of drug-likeness (QED) is 0.768. The molecular weight excluding hydrogens is 307 g/mol. The van der Waals surface area contributed by atoms with Crippen LogP contribution in [0.15, 0.2) is 24.3 Å². The smallest absolute Gasteiger partial charge is 0.223 e. The highest BCUT2D eigenvalue weighted by molar-refractivity contribution is 5.85. The minimum absolute atomic E-state index is 0. The SMILES string of the molecule is CNCCC(=O)N(CC(C)C)CC(O)c1ccc(F)cc1.Cl. The molecule has 1 amide bonds. The van der Waals surface area contributed by atoms with Crippen molar-refractivity contribution in [3.05, 3.63) is 35.6 Å². The van der Waals surface area contributed by atoms with E-state index < -0.39 is 6.10 Å². The summed E-state index contributed by atoms with van der Waals surface area (Å²) in [5.41, 5.74) is 0.617. The number of halogens is 2. The average Bonchev–Trinajstić information content (AvgIpc) is 2.44. The van der Waals surface area contributed by atoms with Crippen LogP contribution in [0.1, 0.15) is 31.9 Å². The summed E-state index contributed by atoms with van der Waals surface area (Å²) in [4.78, 5) is 13.8. The number of nitrogens with one attached hydrogen (secondary N) is 1. The number of amides is 1. The topological polar surface area (TPSA) is 52.6 Å². The van der Waals surface area contributed by atoms with Crippen LogP contribution in [0.3, 0.4) is 0 Å². The van der Waals surface area contributed by atoms with Gasteiger partial charge in [0, 0.05) is 19.5 Å². The van der Waals surface area contributed by atoms with E-state index in [-0.39, 0.29) is 30.7 Å². The van der Waals surface area contributed by atoms with Crippen LogP contribution in [-0.4, -0.2) is 42.6 Å². The van der Waals surface area contributed by atoms with Crippen molar-refractivity contribution in [1.82, 2.24) is 10.2 Å². The molecule has 0 bridgehead atoms. The molecule has 0 aromatic heterocycles. The summed E-state index contributed by atoms with van der Waals surface area (Å²) in [6, 6.07) is 5.72. The van der Waals surface area contributed by atoms with Gasteiger partial charge in [-0.05, 0) is 30.7 Å². The van der Waals surface area contributed by atoms with Crippen LogP contribution < -0.4 is 5.32 Å². The van der Waals surface area contributed by atoms with Crippen molar-refractivity contribution in [2.24, 2.45) is 5.92 Å². The maximum atomic E-state index is 12.9. The lowest BCUT2D eigenvalue weighted by Gasteiger charge is -2.27. The first-order valence-electron chi connectivity index (χ1n) is 7.30. The Hall–Kier alpha value is -1.17. The molecule has 0 spiro atoms. The van der Waals surface area contributed by atoms with Crippen molar-refractivity contribution in [3.8, 4) is 0 Å². The van der Waals surface area contributed by atoms with Gasteiger partial charge in [0.1, 0.15) is 5.82 Å². The molecule has 1 atom stereocenters. The molecule has 22 heavy (non-hydrogen) atoms. The van der Waals surface area contributed by atoms with Crippen LogP contribution in [0.5, 0.6) is 0 Å². The number of aliphatic hydroxyl groups excluding tert-OH is 1. The molecule has 0 fully saturated rings. The fourth-order valence-electron chi connectivity index (χ4n) is 2.11. The molecule has 4 nitrogen and oxygen atoms in total. The highest BCUT2D eigenvalue weighted by Crippen LogP contribution is 2.16. The number of hydrogen-bond acceptors (Lipinski definition) is 3. The summed E-state index contributed by atoms with van der Waals surface area (Å²) in [6.45, 7) is 5.50. The van der Waals surface area contributed by atoms with Gasteiger partial charge < -0.3 is 15.3 Å². The van der Waals surface area contributed by atoms with E-state index in [0.29, 0.717) is 31.0 Å². The zero-order chi connectivity index (χ0) is 15.8. The summed E-state index contributed by atoms with van der Waals surface area (Å²) >= 11 is 0. The zero-order valence-corrected chi connectivity index (χ0v) is 14.2. The number of benzene rings is 1. The minimum atomic E-state index is -0.803. The van der Waals surface area contributed by atoms with E-state index in [9.17, 15) is 14.3 Å². The Kier molecular flexibility index (Phi) is 9.98. The summed E-state index contributed by atoms with van der Waals surface area (Å²) in [6.07, 6.45) is -0.401. The number of aliphatic hydroxyl groups is 1. The number of nitrogens with zero attached hydrogens (tertiary/aromatic N) is 1. The normalized spacial score (nSPS) is 11.9. The van der Waals surface area contributed by atoms with Crippen molar-refractivity contribution in [1.29, 1.82) is 0 Å². The van der Waals surface area contributed by atoms with Crippen LogP contribution >= 0.6 is 12.4 Å². The molecule has 6 heteroatoms. The lowest BCUT2D eigenvalue weighted by Crippen LogP contribution is -2.38. The summed E-state index contributed by atoms with van der Waals surface area (Å²) in [7, 11) is 1.80. The zero-order valence-electron chi connectivity index (χ0n) is 13.4. The Morgan fingerprint density at radius 3 is 2.36 bits per heavy atom. The predicted molar refractivity (Wildman–Crippen MR) is 88.6 cm³/mol. The second kappa shape index (κ2) is 10.5. The van der Waals surface area contributed by atoms with Crippen molar-refractivity contribution >= 4 is 18.3 Å². The van der Waals surface area contributed by atoms with E-state index >= 15 is 0 Å². The van der Waals surface area contributed by atoms with Gasteiger partial charge in [-0.2, -0.15) is 0 Å². The van der Waals surface area contributed by atoms with Crippen LogP contribution in [0.25, 0.3) is 0 Å². The molecule has 1 aromatic carbocycles. The minimum Gasteiger partial charge on any atom is -0.387 e. The molecule has 1 unspecified atom stereocenters. The molecule has 0 saturated carbocycles. The molecule has 1 rings (SSSR count). The van der Waals surface area contributed by atoms with Crippen LogP contribution in [0.4, 0.5) is 4.39 Å². The highest BCUT2D eigenvalue weighted by Gasteiger charge is 2.19. The van der Waals surface area contributed by atoms with Gasteiger partial charge in [-0.1, -0.05) is 26.0 Å². The van der Waals surface area contributed by atoms with E-state index in [1.807, 2.05) is 13.8 Å². The third-order valence-electron chi connectivity index (χ3n) is 3.18. The number of carbonyl (C=O) groups is 1. The van der Waals surface area contributed by atoms with Crippen molar-refractivity contribution in [2.45, 2.75) is 26.4 Å². The van der Waals surface area contributed by atoms with E-state index in [1.165, 1.54) is 12.1 Å². The van der Waals surface area contributed by atoms with Gasteiger partial charge in [0.2, 0.25) is 5.91 Å². The third kappa shape index (κ3) is 7.20. The maximum absolute atomic E-state index is 12.9. The Morgan fingerprint density at radius 1 is 1.27 bits per heavy atom. The number of rotatable bonds is 8. The van der Waals surface area contributed by atoms with E-state index in [4.69, 9.17) is 0 Å². The molecular formula is C16H26ClFN2O2. The summed E-state index contributed by atoms with van der Waals surface area (Å²) in [5.74, 6) is -0.00162. The van der Waals surface area contributed by atoms with Gasteiger partial charge in [-0.3, -0.25) is 4.79 Å². The standard InChI is InChI=1S/C16H25FN2O2.ClH/c1-12(2)10-19(16(21)8-9-18-3)11-15(20)13-4-6-14(17)7-5-13;/h4-7,12,15,18,20H,8-11H2,1-3H3;1H. The molecule has 0 aliphatic rings. The first-order chi connectivity index (χ1) is 9.93. The van der Waals surface area contributed by atoms with Gasteiger partial charge in [-0.15, -0.1) is 12.4 Å². The lowest BCUT2D eigenvalue weighted by atomic mass is 10.1. The van der Waals surface area contributed by atoms with Crippen molar-refractivity contribution in [3.63, 3.8) is 0 Å². The molecule has 0 heterocycles. The maximum Gasteiger partial charge on any atom is 0.223 e. The van der Waals surface area contributed by atoms with Crippen LogP contribution in [-0.2, 0) is 4.79 Å². The molecule has 1 aromatic rings. The van der Waals surface area contributed by atoms with Gasteiger partial charge >= 0.3 is 0 Å². The number of carbonyl (C=O) groups excluding carboxylic acids is 1.